The van der Waals surface area contributed by atoms with Crippen LogP contribution in [-0.2, 0) is 6.54 Å². The number of nitrogens with one attached hydrogen (secondary N) is 2. The van der Waals surface area contributed by atoms with Crippen molar-refractivity contribution in [2.45, 2.75) is 6.54 Å². The Balaban J connectivity index is 1.43. The van der Waals surface area contributed by atoms with Crippen LogP contribution in [-0.4, -0.2) is 22.7 Å². The highest BCUT2D eigenvalue weighted by atomic mass is 16.7. The SMILES string of the molecule is O=C(Nc1ccc2c(c1)OCO2)c1cc(NCc2cccnc2)ccn1. The minimum atomic E-state index is -0.297. The second kappa shape index (κ2) is 7.10. The molecule has 2 N–H and O–H groups in total. The average molecular weight is 348 g/mol. The van der Waals surface area contributed by atoms with Gasteiger partial charge in [0.25, 0.3) is 5.91 Å². The summed E-state index contributed by atoms with van der Waals surface area (Å²) in [5.74, 6) is 0.985. The van der Waals surface area contributed by atoms with Crippen LogP contribution in [0.4, 0.5) is 11.4 Å². The van der Waals surface area contributed by atoms with Gasteiger partial charge in [0.15, 0.2) is 11.5 Å². The van der Waals surface area contributed by atoms with Crippen molar-refractivity contribution in [3.05, 3.63) is 72.3 Å². The van der Waals surface area contributed by atoms with Crippen LogP contribution in [0.15, 0.2) is 61.1 Å². The molecule has 3 heterocycles. The van der Waals surface area contributed by atoms with Gasteiger partial charge in [-0.2, -0.15) is 0 Å². The second-order valence-corrected chi connectivity index (χ2v) is 5.67. The van der Waals surface area contributed by atoms with Crippen LogP contribution in [0.25, 0.3) is 0 Å². The van der Waals surface area contributed by atoms with E-state index in [1.54, 1.807) is 42.9 Å². The van der Waals surface area contributed by atoms with Gasteiger partial charge in [-0.3, -0.25) is 14.8 Å². The third kappa shape index (κ3) is 3.56. The van der Waals surface area contributed by atoms with E-state index in [4.69, 9.17) is 9.47 Å². The summed E-state index contributed by atoms with van der Waals surface area (Å²) in [6, 6.07) is 12.6. The van der Waals surface area contributed by atoms with Crippen LogP contribution < -0.4 is 20.1 Å². The summed E-state index contributed by atoms with van der Waals surface area (Å²) in [5, 5.41) is 6.07. The topological polar surface area (TPSA) is 85.4 Å². The largest absolute Gasteiger partial charge is 0.454 e. The highest BCUT2D eigenvalue weighted by molar-refractivity contribution is 6.03. The van der Waals surface area contributed by atoms with Gasteiger partial charge < -0.3 is 20.1 Å². The Bertz CT molecular complexity index is 931. The van der Waals surface area contributed by atoms with Gasteiger partial charge in [0.1, 0.15) is 5.69 Å². The Hall–Kier alpha value is -3.61. The first-order valence-corrected chi connectivity index (χ1v) is 8.08. The Morgan fingerprint density at radius 1 is 1.04 bits per heavy atom. The van der Waals surface area contributed by atoms with Crippen molar-refractivity contribution in [1.82, 2.24) is 9.97 Å². The number of ether oxygens (including phenoxy) is 2. The van der Waals surface area contributed by atoms with Crippen LogP contribution in [0.1, 0.15) is 16.1 Å². The molecule has 1 aliphatic heterocycles. The van der Waals surface area contributed by atoms with Gasteiger partial charge in [-0.1, -0.05) is 6.07 Å². The predicted molar refractivity (Wildman–Crippen MR) is 96.3 cm³/mol. The van der Waals surface area contributed by atoms with Gasteiger partial charge in [0.2, 0.25) is 6.79 Å². The molecule has 0 radical (unpaired) electrons. The van der Waals surface area contributed by atoms with E-state index in [2.05, 4.69) is 20.6 Å². The summed E-state index contributed by atoms with van der Waals surface area (Å²) >= 11 is 0. The first-order valence-electron chi connectivity index (χ1n) is 8.08. The molecule has 4 rings (SSSR count). The minimum absolute atomic E-state index is 0.193. The summed E-state index contributed by atoms with van der Waals surface area (Å²) in [6.45, 7) is 0.806. The van der Waals surface area contributed by atoms with E-state index in [1.165, 1.54) is 0 Å². The molecule has 0 fully saturated rings. The molecule has 7 nitrogen and oxygen atoms in total. The number of amides is 1. The van der Waals surface area contributed by atoms with Crippen LogP contribution >= 0.6 is 0 Å². The van der Waals surface area contributed by atoms with Crippen molar-refractivity contribution >= 4 is 17.3 Å². The quantitative estimate of drug-likeness (QED) is 0.737. The van der Waals surface area contributed by atoms with Crippen molar-refractivity contribution in [2.24, 2.45) is 0 Å². The monoisotopic (exact) mass is 348 g/mol. The van der Waals surface area contributed by atoms with E-state index in [-0.39, 0.29) is 12.7 Å². The Morgan fingerprint density at radius 2 is 1.96 bits per heavy atom. The molecule has 0 spiro atoms. The van der Waals surface area contributed by atoms with Gasteiger partial charge in [-0.15, -0.1) is 0 Å². The normalized spacial score (nSPS) is 11.8. The number of carbonyl (C=O) groups excluding carboxylic acids is 1. The second-order valence-electron chi connectivity index (χ2n) is 5.67. The summed E-state index contributed by atoms with van der Waals surface area (Å²) in [4.78, 5) is 20.7. The molecule has 3 aromatic rings. The lowest BCUT2D eigenvalue weighted by atomic mass is 10.2. The van der Waals surface area contributed by atoms with Crippen LogP contribution in [0.2, 0.25) is 0 Å². The standard InChI is InChI=1S/C19H16N4O3/c24-19(23-15-3-4-17-18(9-15)26-12-25-17)16-8-14(5-7-21-16)22-11-13-2-1-6-20-10-13/h1-10H,11-12H2,(H,21,22)(H,23,24). The first kappa shape index (κ1) is 15.9. The summed E-state index contributed by atoms with van der Waals surface area (Å²) in [7, 11) is 0. The number of pyridine rings is 2. The average Bonchev–Trinajstić information content (AvgIpc) is 3.15. The van der Waals surface area contributed by atoms with E-state index in [0.29, 0.717) is 29.4 Å². The lowest BCUT2D eigenvalue weighted by Crippen LogP contribution is -2.14. The number of hydrogen-bond donors (Lipinski definition) is 2. The van der Waals surface area contributed by atoms with Gasteiger partial charge >= 0.3 is 0 Å². The molecule has 0 bridgehead atoms. The molecule has 26 heavy (non-hydrogen) atoms. The lowest BCUT2D eigenvalue weighted by molar-refractivity contribution is 0.102. The Labute approximate surface area is 150 Å². The number of rotatable bonds is 5. The molecule has 0 unspecified atom stereocenters. The smallest absolute Gasteiger partial charge is 0.274 e. The van der Waals surface area contributed by atoms with Crippen molar-refractivity contribution < 1.29 is 14.3 Å². The predicted octanol–water partition coefficient (Wildman–Crippen LogP) is 3.07. The molecule has 1 aromatic carbocycles. The Morgan fingerprint density at radius 3 is 2.85 bits per heavy atom. The maximum absolute atomic E-state index is 12.5. The highest BCUT2D eigenvalue weighted by Gasteiger charge is 2.15. The number of hydrogen-bond acceptors (Lipinski definition) is 6. The molecule has 0 saturated heterocycles. The van der Waals surface area contributed by atoms with Gasteiger partial charge in [0.05, 0.1) is 0 Å². The fraction of sp³-hybridized carbons (Fsp3) is 0.105. The number of aromatic nitrogens is 2. The number of anilines is 2. The molecular formula is C19H16N4O3. The van der Waals surface area contributed by atoms with Crippen molar-refractivity contribution in [2.75, 3.05) is 17.4 Å². The van der Waals surface area contributed by atoms with E-state index in [9.17, 15) is 4.79 Å². The molecule has 130 valence electrons. The third-order valence-electron chi connectivity index (χ3n) is 3.84. The van der Waals surface area contributed by atoms with Crippen molar-refractivity contribution in [3.63, 3.8) is 0 Å². The molecule has 7 heteroatoms. The zero-order chi connectivity index (χ0) is 17.8. The first-order chi connectivity index (χ1) is 12.8. The zero-order valence-electron chi connectivity index (χ0n) is 13.8. The zero-order valence-corrected chi connectivity index (χ0v) is 13.8. The Kier molecular flexibility index (Phi) is 4.34. The van der Waals surface area contributed by atoms with Crippen LogP contribution in [0, 0.1) is 0 Å². The summed E-state index contributed by atoms with van der Waals surface area (Å²) < 4.78 is 10.6. The third-order valence-corrected chi connectivity index (χ3v) is 3.84. The number of fused-ring (bicyclic) bond motifs is 1. The van der Waals surface area contributed by atoms with E-state index in [0.717, 1.165) is 11.3 Å². The van der Waals surface area contributed by atoms with Crippen molar-refractivity contribution in [1.29, 1.82) is 0 Å². The molecule has 0 aliphatic carbocycles. The van der Waals surface area contributed by atoms with Crippen LogP contribution in [0.5, 0.6) is 11.5 Å². The lowest BCUT2D eigenvalue weighted by Gasteiger charge is -2.09. The highest BCUT2D eigenvalue weighted by Crippen LogP contribution is 2.34. The maximum atomic E-state index is 12.5. The number of carbonyl (C=O) groups is 1. The number of benzene rings is 1. The van der Waals surface area contributed by atoms with E-state index in [1.807, 2.05) is 18.2 Å². The van der Waals surface area contributed by atoms with Crippen molar-refractivity contribution in [3.8, 4) is 11.5 Å². The van der Waals surface area contributed by atoms with Crippen LogP contribution in [0.3, 0.4) is 0 Å². The molecule has 1 amide bonds. The molecule has 0 saturated carbocycles. The van der Waals surface area contributed by atoms with Gasteiger partial charge in [0, 0.05) is 42.6 Å². The molecule has 0 atom stereocenters. The van der Waals surface area contributed by atoms with Gasteiger partial charge in [-0.25, -0.2) is 0 Å². The maximum Gasteiger partial charge on any atom is 0.274 e. The minimum Gasteiger partial charge on any atom is -0.454 e. The fourth-order valence-electron chi connectivity index (χ4n) is 2.54. The fourth-order valence-corrected chi connectivity index (χ4v) is 2.54. The van der Waals surface area contributed by atoms with Gasteiger partial charge in [-0.05, 0) is 35.9 Å². The molecule has 1 aliphatic rings. The number of nitrogens with zero attached hydrogens (tertiary/aromatic N) is 2. The van der Waals surface area contributed by atoms with E-state index >= 15 is 0 Å². The molecule has 2 aromatic heterocycles. The molecular weight excluding hydrogens is 332 g/mol. The summed E-state index contributed by atoms with van der Waals surface area (Å²) in [6.07, 6.45) is 5.12. The van der Waals surface area contributed by atoms with E-state index < -0.39 is 0 Å². The summed E-state index contributed by atoms with van der Waals surface area (Å²) in [5.41, 5.74) is 2.80.